The highest BCUT2D eigenvalue weighted by atomic mass is 16.3. The number of hydrogen-bond acceptors (Lipinski definition) is 6. The monoisotopic (exact) mass is 424 g/mol. The maximum absolute atomic E-state index is 12.7. The molecule has 4 N–H and O–H groups in total. The van der Waals surface area contributed by atoms with Gasteiger partial charge in [0.05, 0.1) is 5.52 Å². The van der Waals surface area contributed by atoms with E-state index in [-0.39, 0.29) is 11.1 Å². The van der Waals surface area contributed by atoms with E-state index in [1.807, 2.05) is 18.2 Å². The molecule has 0 unspecified atom stereocenters. The van der Waals surface area contributed by atoms with Gasteiger partial charge in [0.25, 0.3) is 5.56 Å². The van der Waals surface area contributed by atoms with Crippen LogP contribution >= 0.6 is 0 Å². The third-order valence-electron chi connectivity index (χ3n) is 6.20. The number of rotatable bonds is 4. The molecular weight excluding hydrogens is 403 g/mol. The first-order valence-electron chi connectivity index (χ1n) is 10.8. The van der Waals surface area contributed by atoms with Crippen molar-refractivity contribution in [3.05, 3.63) is 46.8 Å². The van der Waals surface area contributed by atoms with Crippen LogP contribution in [0.15, 0.2) is 45.6 Å². The third kappa shape index (κ3) is 3.25. The lowest BCUT2D eigenvalue weighted by Gasteiger charge is -2.22. The van der Waals surface area contributed by atoms with Crippen LogP contribution < -0.4 is 21.7 Å². The van der Waals surface area contributed by atoms with Crippen LogP contribution in [-0.2, 0) is 0 Å². The van der Waals surface area contributed by atoms with E-state index in [9.17, 15) is 4.79 Å². The zero-order valence-electron chi connectivity index (χ0n) is 17.4. The van der Waals surface area contributed by atoms with Crippen LogP contribution in [0.2, 0.25) is 0 Å². The molecule has 6 rings (SSSR count). The first kappa shape index (κ1) is 19.1. The zero-order chi connectivity index (χ0) is 21.7. The highest BCUT2D eigenvalue weighted by Crippen LogP contribution is 2.28. The van der Waals surface area contributed by atoms with Crippen LogP contribution in [0, 0.1) is 5.92 Å². The average Bonchev–Trinajstić information content (AvgIpc) is 3.39. The molecule has 32 heavy (non-hydrogen) atoms. The minimum Gasteiger partial charge on any atom is -0.449 e. The summed E-state index contributed by atoms with van der Waals surface area (Å²) in [6.07, 6.45) is 2.35. The van der Waals surface area contributed by atoms with E-state index in [1.165, 1.54) is 12.8 Å². The van der Waals surface area contributed by atoms with Crippen molar-refractivity contribution < 1.29 is 4.42 Å². The summed E-state index contributed by atoms with van der Waals surface area (Å²) >= 11 is 0. The lowest BCUT2D eigenvalue weighted by Crippen LogP contribution is -2.31. The number of aromatic amines is 2. The first-order valence-corrected chi connectivity index (χ1v) is 10.8. The number of H-pyrrole nitrogens is 2. The maximum Gasteiger partial charge on any atom is 0.294 e. The summed E-state index contributed by atoms with van der Waals surface area (Å²) in [6.45, 7) is 3.06. The number of furan rings is 1. The Hall–Kier alpha value is -3.59. The Morgan fingerprint density at radius 2 is 2.00 bits per heavy atom. The molecule has 0 spiro atoms. The molecule has 2 aromatic carbocycles. The van der Waals surface area contributed by atoms with Crippen LogP contribution in [0.4, 0.5) is 5.82 Å². The summed E-state index contributed by atoms with van der Waals surface area (Å²) in [7, 11) is 5.92. The van der Waals surface area contributed by atoms with Crippen LogP contribution in [0.5, 0.6) is 0 Å². The quantitative estimate of drug-likeness (QED) is 0.330. The third-order valence-corrected chi connectivity index (χ3v) is 6.20. The van der Waals surface area contributed by atoms with E-state index in [2.05, 4.69) is 30.8 Å². The largest absolute Gasteiger partial charge is 0.449 e. The average molecular weight is 424 g/mol. The molecule has 4 heterocycles. The Kier molecular flexibility index (Phi) is 4.50. The standard InChI is InChI=1S/C23H21BN6O2/c24-14-2-4-18-16(10-14)19-20(32-18)23(31)28-21(27-19)13-1-3-15-17(9-13)29-30-22(15)26-11-12-5-7-25-8-6-12/h1-4,9-10,12,25H,5-8,11H2,(H2,26,29,30)(H,27,28,31). The van der Waals surface area contributed by atoms with Gasteiger partial charge in [0.1, 0.15) is 24.8 Å². The topological polar surface area (TPSA) is 112 Å². The highest BCUT2D eigenvalue weighted by molar-refractivity contribution is 6.33. The second-order valence-corrected chi connectivity index (χ2v) is 8.36. The van der Waals surface area contributed by atoms with E-state index >= 15 is 0 Å². The molecule has 3 aromatic heterocycles. The van der Waals surface area contributed by atoms with Crippen molar-refractivity contribution >= 4 is 52.1 Å². The Morgan fingerprint density at radius 3 is 2.88 bits per heavy atom. The lowest BCUT2D eigenvalue weighted by molar-refractivity contribution is 0.389. The molecule has 1 saturated heterocycles. The lowest BCUT2D eigenvalue weighted by atomic mass is 9.95. The molecule has 0 atom stereocenters. The van der Waals surface area contributed by atoms with E-state index in [0.29, 0.717) is 28.3 Å². The van der Waals surface area contributed by atoms with Gasteiger partial charge in [-0.2, -0.15) is 5.10 Å². The smallest absolute Gasteiger partial charge is 0.294 e. The summed E-state index contributed by atoms with van der Waals surface area (Å²) in [4.78, 5) is 20.2. The van der Waals surface area contributed by atoms with Crippen LogP contribution in [-0.4, -0.2) is 47.6 Å². The molecule has 0 saturated carbocycles. The molecule has 1 aliphatic heterocycles. The van der Waals surface area contributed by atoms with Gasteiger partial charge in [0, 0.05) is 22.9 Å². The number of piperidine rings is 1. The minimum absolute atomic E-state index is 0.196. The zero-order valence-corrected chi connectivity index (χ0v) is 17.4. The van der Waals surface area contributed by atoms with Crippen LogP contribution in [0.3, 0.4) is 0 Å². The number of nitrogens with zero attached hydrogens (tertiary/aromatic N) is 2. The van der Waals surface area contributed by atoms with E-state index < -0.39 is 0 Å². The number of fused-ring (bicyclic) bond motifs is 4. The Bertz CT molecular complexity index is 1510. The molecule has 8 nitrogen and oxygen atoms in total. The van der Waals surface area contributed by atoms with Gasteiger partial charge in [-0.3, -0.25) is 9.89 Å². The minimum atomic E-state index is -0.325. The molecular formula is C23H21BN6O2. The van der Waals surface area contributed by atoms with Gasteiger partial charge in [-0.05, 0) is 50.0 Å². The summed E-state index contributed by atoms with van der Waals surface area (Å²) < 4.78 is 5.69. The second kappa shape index (κ2) is 7.53. The number of nitrogens with one attached hydrogen (secondary N) is 4. The van der Waals surface area contributed by atoms with Gasteiger partial charge in [-0.1, -0.05) is 23.7 Å². The van der Waals surface area contributed by atoms with Gasteiger partial charge in [-0.25, -0.2) is 4.98 Å². The summed E-state index contributed by atoms with van der Waals surface area (Å²) in [5, 5.41) is 16.1. The van der Waals surface area contributed by atoms with E-state index in [4.69, 9.17) is 12.3 Å². The molecule has 0 bridgehead atoms. The van der Waals surface area contributed by atoms with Gasteiger partial charge in [0.15, 0.2) is 5.82 Å². The molecule has 0 aliphatic carbocycles. The number of aromatic nitrogens is 4. The first-order chi connectivity index (χ1) is 15.7. The second-order valence-electron chi connectivity index (χ2n) is 8.36. The van der Waals surface area contributed by atoms with Crippen molar-refractivity contribution in [1.82, 2.24) is 25.5 Å². The van der Waals surface area contributed by atoms with Gasteiger partial charge in [0.2, 0.25) is 5.58 Å². The Morgan fingerprint density at radius 1 is 1.12 bits per heavy atom. The number of benzene rings is 2. The fraction of sp³-hybridized carbons (Fsp3) is 0.261. The molecule has 9 heteroatoms. The summed E-state index contributed by atoms with van der Waals surface area (Å²) in [6, 6.07) is 11.1. The van der Waals surface area contributed by atoms with Gasteiger partial charge >= 0.3 is 0 Å². The maximum atomic E-state index is 12.7. The number of hydrogen-bond donors (Lipinski definition) is 4. The van der Waals surface area contributed by atoms with Crippen molar-refractivity contribution in [3.8, 4) is 11.4 Å². The molecule has 158 valence electrons. The Labute approximate surface area is 184 Å². The van der Waals surface area contributed by atoms with Crippen LogP contribution in [0.25, 0.3) is 44.4 Å². The molecule has 0 amide bonds. The van der Waals surface area contributed by atoms with Crippen molar-refractivity contribution in [3.63, 3.8) is 0 Å². The van der Waals surface area contributed by atoms with Crippen molar-refractivity contribution in [2.24, 2.45) is 5.92 Å². The summed E-state index contributed by atoms with van der Waals surface area (Å²) in [5.41, 5.74) is 3.20. The van der Waals surface area contributed by atoms with Crippen molar-refractivity contribution in [2.75, 3.05) is 25.0 Å². The van der Waals surface area contributed by atoms with Crippen molar-refractivity contribution in [1.29, 1.82) is 0 Å². The molecule has 5 aromatic rings. The fourth-order valence-electron chi connectivity index (χ4n) is 4.44. The highest BCUT2D eigenvalue weighted by Gasteiger charge is 2.16. The fourth-order valence-corrected chi connectivity index (χ4v) is 4.44. The normalized spacial score (nSPS) is 15.1. The summed E-state index contributed by atoms with van der Waals surface area (Å²) in [5.74, 6) is 1.97. The van der Waals surface area contributed by atoms with Crippen LogP contribution in [0.1, 0.15) is 12.8 Å². The predicted octanol–water partition coefficient (Wildman–Crippen LogP) is 2.42. The van der Waals surface area contributed by atoms with Gasteiger partial charge in [-0.15, -0.1) is 0 Å². The molecule has 2 radical (unpaired) electrons. The number of anilines is 1. The van der Waals surface area contributed by atoms with E-state index in [1.54, 1.807) is 18.2 Å². The SMILES string of the molecule is [B]c1ccc2oc3c(=O)[nH]c(-c4ccc5c(NCC6CCNCC6)n[nH]c5c4)nc3c2c1. The molecule has 1 aliphatic rings. The Balaban J connectivity index is 1.35. The van der Waals surface area contributed by atoms with Gasteiger partial charge < -0.3 is 20.0 Å². The van der Waals surface area contributed by atoms with E-state index in [0.717, 1.165) is 47.3 Å². The molecule has 1 fully saturated rings. The predicted molar refractivity (Wildman–Crippen MR) is 127 cm³/mol. The van der Waals surface area contributed by atoms with Crippen molar-refractivity contribution in [2.45, 2.75) is 12.8 Å².